The average molecular weight is 295 g/mol. The molecule has 1 unspecified atom stereocenters. The summed E-state index contributed by atoms with van der Waals surface area (Å²) in [6, 6.07) is 7.02. The molecule has 1 aromatic rings. The number of nitriles is 1. The molecule has 0 saturated heterocycles. The van der Waals surface area contributed by atoms with E-state index in [0.29, 0.717) is 0 Å². The topological polar surface area (TPSA) is 101 Å². The van der Waals surface area contributed by atoms with Crippen LogP contribution in [0, 0.1) is 17.2 Å². The Bertz CT molecular complexity index is 655. The normalized spacial score (nSPS) is 12.2. The van der Waals surface area contributed by atoms with Crippen molar-refractivity contribution >= 4 is 21.6 Å². The number of ketones is 1. The van der Waals surface area contributed by atoms with Crippen LogP contribution in [-0.4, -0.2) is 33.5 Å². The van der Waals surface area contributed by atoms with Crippen LogP contribution in [0.1, 0.15) is 16.8 Å². The first-order valence-corrected chi connectivity index (χ1v) is 7.49. The second kappa shape index (κ2) is 6.30. The molecular formula is C13H13NO5S. The number of benzene rings is 1. The zero-order valence-electron chi connectivity index (χ0n) is 11.0. The lowest BCUT2D eigenvalue weighted by molar-refractivity contribution is -0.143. The number of Topliss-reactive ketones (excluding diaryl/α,β-unsaturated/α-hetero) is 1. The fourth-order valence-electron chi connectivity index (χ4n) is 1.52. The Morgan fingerprint density at radius 3 is 2.25 bits per heavy atom. The number of ether oxygens (including phenoxy) is 1. The molecule has 1 rings (SSSR count). The van der Waals surface area contributed by atoms with Crippen molar-refractivity contribution in [1.82, 2.24) is 0 Å². The highest BCUT2D eigenvalue weighted by Gasteiger charge is 2.23. The minimum absolute atomic E-state index is 0.0962. The molecule has 0 aliphatic heterocycles. The largest absolute Gasteiger partial charge is 0.468 e. The summed E-state index contributed by atoms with van der Waals surface area (Å²) in [6.07, 6.45) is 0.758. The van der Waals surface area contributed by atoms with Gasteiger partial charge in [0.1, 0.15) is 0 Å². The van der Waals surface area contributed by atoms with E-state index in [1.54, 1.807) is 6.07 Å². The number of hydrogen-bond donors (Lipinski definition) is 0. The van der Waals surface area contributed by atoms with Crippen LogP contribution in [0.3, 0.4) is 0 Å². The lowest BCUT2D eigenvalue weighted by Gasteiger charge is -2.06. The van der Waals surface area contributed by atoms with Gasteiger partial charge < -0.3 is 4.74 Å². The quantitative estimate of drug-likeness (QED) is 0.592. The first-order valence-electron chi connectivity index (χ1n) is 5.60. The summed E-state index contributed by atoms with van der Waals surface area (Å²) in [6.45, 7) is 0. The highest BCUT2D eigenvalue weighted by molar-refractivity contribution is 7.90. The summed E-state index contributed by atoms with van der Waals surface area (Å²) in [4.78, 5) is 23.2. The fraction of sp³-hybridized carbons (Fsp3) is 0.308. The predicted octanol–water partition coefficient (Wildman–Crippen LogP) is 0.976. The molecule has 0 bridgehead atoms. The maximum absolute atomic E-state index is 11.9. The molecule has 106 valence electrons. The molecule has 0 radical (unpaired) electrons. The van der Waals surface area contributed by atoms with E-state index in [-0.39, 0.29) is 16.9 Å². The van der Waals surface area contributed by atoms with E-state index >= 15 is 0 Å². The van der Waals surface area contributed by atoms with Crippen LogP contribution in [0.4, 0.5) is 0 Å². The summed E-state index contributed by atoms with van der Waals surface area (Å²) in [5.74, 6) is -2.36. The van der Waals surface area contributed by atoms with Crippen molar-refractivity contribution in [2.24, 2.45) is 5.92 Å². The average Bonchev–Trinajstić information content (AvgIpc) is 2.42. The number of nitrogens with zero attached hydrogens (tertiary/aromatic N) is 1. The number of sulfone groups is 1. The van der Waals surface area contributed by atoms with Gasteiger partial charge in [0.05, 0.1) is 18.1 Å². The van der Waals surface area contributed by atoms with E-state index in [1.807, 2.05) is 0 Å². The molecule has 1 atom stereocenters. The molecule has 0 amide bonds. The number of esters is 1. The highest BCUT2D eigenvalue weighted by Crippen LogP contribution is 2.14. The Morgan fingerprint density at radius 1 is 1.30 bits per heavy atom. The molecule has 7 heteroatoms. The van der Waals surface area contributed by atoms with Crippen LogP contribution in [0.2, 0.25) is 0 Å². The predicted molar refractivity (Wildman–Crippen MR) is 69.6 cm³/mol. The number of carbonyl (C=O) groups excluding carboxylic acids is 2. The zero-order chi connectivity index (χ0) is 15.3. The Hall–Kier alpha value is -2.20. The molecule has 20 heavy (non-hydrogen) atoms. The van der Waals surface area contributed by atoms with Crippen LogP contribution >= 0.6 is 0 Å². The monoisotopic (exact) mass is 295 g/mol. The number of hydrogen-bond acceptors (Lipinski definition) is 6. The third-order valence-electron chi connectivity index (χ3n) is 2.64. The van der Waals surface area contributed by atoms with E-state index in [2.05, 4.69) is 4.74 Å². The van der Waals surface area contributed by atoms with Gasteiger partial charge in [0.15, 0.2) is 21.5 Å². The summed E-state index contributed by atoms with van der Waals surface area (Å²) in [5.41, 5.74) is 0.238. The van der Waals surface area contributed by atoms with Crippen LogP contribution in [0.5, 0.6) is 0 Å². The fourth-order valence-corrected chi connectivity index (χ4v) is 2.15. The Morgan fingerprint density at radius 2 is 1.85 bits per heavy atom. The lowest BCUT2D eigenvalue weighted by Crippen LogP contribution is -2.18. The summed E-state index contributed by atoms with van der Waals surface area (Å²) < 4.78 is 27.0. The smallest absolute Gasteiger partial charge is 0.323 e. The molecule has 0 spiro atoms. The van der Waals surface area contributed by atoms with Gasteiger partial charge in [-0.3, -0.25) is 9.59 Å². The number of rotatable bonds is 5. The van der Waals surface area contributed by atoms with Gasteiger partial charge in [0.25, 0.3) is 0 Å². The highest BCUT2D eigenvalue weighted by atomic mass is 32.2. The van der Waals surface area contributed by atoms with E-state index in [4.69, 9.17) is 5.26 Å². The second-order valence-corrected chi connectivity index (χ2v) is 6.14. The van der Waals surface area contributed by atoms with Crippen molar-refractivity contribution in [3.05, 3.63) is 29.8 Å². The van der Waals surface area contributed by atoms with Crippen molar-refractivity contribution in [1.29, 1.82) is 5.26 Å². The molecule has 0 N–H and O–H groups in total. The minimum Gasteiger partial charge on any atom is -0.468 e. The van der Waals surface area contributed by atoms with Crippen molar-refractivity contribution < 1.29 is 22.7 Å². The molecule has 0 aromatic heterocycles. The van der Waals surface area contributed by atoms with E-state index in [1.165, 1.54) is 24.3 Å². The van der Waals surface area contributed by atoms with Crippen LogP contribution < -0.4 is 0 Å². The van der Waals surface area contributed by atoms with Crippen molar-refractivity contribution in [3.8, 4) is 6.07 Å². The van der Waals surface area contributed by atoms with Gasteiger partial charge in [0, 0.05) is 18.2 Å². The van der Waals surface area contributed by atoms with Crippen molar-refractivity contribution in [3.63, 3.8) is 0 Å². The third kappa shape index (κ3) is 3.90. The van der Waals surface area contributed by atoms with Gasteiger partial charge in [-0.25, -0.2) is 8.42 Å². The minimum atomic E-state index is -3.33. The van der Waals surface area contributed by atoms with Crippen molar-refractivity contribution in [2.75, 3.05) is 13.4 Å². The molecule has 0 aliphatic carbocycles. The molecule has 0 fully saturated rings. The second-order valence-electron chi connectivity index (χ2n) is 4.13. The molecule has 0 heterocycles. The molecule has 0 aliphatic rings. The van der Waals surface area contributed by atoms with Crippen LogP contribution in [0.15, 0.2) is 29.2 Å². The number of carbonyl (C=O) groups is 2. The molecule has 6 nitrogen and oxygen atoms in total. The lowest BCUT2D eigenvalue weighted by atomic mass is 9.99. The maximum atomic E-state index is 11.9. The Balaban J connectivity index is 2.89. The Kier molecular flexibility index (Phi) is 5.00. The first-order chi connectivity index (χ1) is 9.29. The van der Waals surface area contributed by atoms with E-state index in [0.717, 1.165) is 13.4 Å². The van der Waals surface area contributed by atoms with Gasteiger partial charge in [-0.1, -0.05) is 12.1 Å². The van der Waals surface area contributed by atoms with Gasteiger partial charge in [0.2, 0.25) is 0 Å². The third-order valence-corrected chi connectivity index (χ3v) is 3.76. The maximum Gasteiger partial charge on any atom is 0.323 e. The summed E-state index contributed by atoms with van der Waals surface area (Å²) in [5, 5.41) is 8.79. The first kappa shape index (κ1) is 15.9. The SMILES string of the molecule is COC(=O)C(C#N)CC(=O)c1ccc(S(C)(=O)=O)cc1. The summed E-state index contributed by atoms with van der Waals surface area (Å²) >= 11 is 0. The van der Waals surface area contributed by atoms with Crippen LogP contribution in [0.25, 0.3) is 0 Å². The van der Waals surface area contributed by atoms with Gasteiger partial charge in [-0.05, 0) is 12.1 Å². The molecule has 1 aromatic carbocycles. The zero-order valence-corrected chi connectivity index (χ0v) is 11.8. The van der Waals surface area contributed by atoms with Crippen molar-refractivity contribution in [2.45, 2.75) is 11.3 Å². The van der Waals surface area contributed by atoms with E-state index in [9.17, 15) is 18.0 Å². The molecule has 0 saturated carbocycles. The van der Waals surface area contributed by atoms with E-state index < -0.39 is 27.5 Å². The summed E-state index contributed by atoms with van der Waals surface area (Å²) in [7, 11) is -2.19. The molecular weight excluding hydrogens is 282 g/mol. The van der Waals surface area contributed by atoms with Gasteiger partial charge in [-0.2, -0.15) is 5.26 Å². The van der Waals surface area contributed by atoms with Crippen LogP contribution in [-0.2, 0) is 19.4 Å². The van der Waals surface area contributed by atoms with Gasteiger partial charge >= 0.3 is 5.97 Å². The number of methoxy groups -OCH3 is 1. The Labute approximate surface area is 116 Å². The van der Waals surface area contributed by atoms with Gasteiger partial charge in [-0.15, -0.1) is 0 Å². The standard InChI is InChI=1S/C13H13NO5S/c1-19-13(16)10(8-14)7-12(15)9-3-5-11(6-4-9)20(2,17)18/h3-6,10H,7H2,1-2H3.